The first-order valence-corrected chi connectivity index (χ1v) is 7.80. The fourth-order valence-electron chi connectivity index (χ4n) is 3.05. The maximum atomic E-state index is 5.91. The van der Waals surface area contributed by atoms with Gasteiger partial charge >= 0.3 is 0 Å². The maximum Gasteiger partial charge on any atom is 0.254 e. The van der Waals surface area contributed by atoms with Crippen LogP contribution in [0.25, 0.3) is 5.78 Å². The number of fused-ring (bicyclic) bond motifs is 1. The summed E-state index contributed by atoms with van der Waals surface area (Å²) >= 11 is 0. The van der Waals surface area contributed by atoms with Gasteiger partial charge in [-0.2, -0.15) is 14.6 Å². The number of aromatic nitrogens is 5. The van der Waals surface area contributed by atoms with Crippen LogP contribution in [0.4, 0.5) is 5.82 Å². The molecule has 3 aromatic heterocycles. The average molecular weight is 310 g/mol. The summed E-state index contributed by atoms with van der Waals surface area (Å²) in [5.41, 5.74) is 1.10. The predicted octanol–water partition coefficient (Wildman–Crippen LogP) is 1.70. The van der Waals surface area contributed by atoms with Gasteiger partial charge in [0, 0.05) is 25.1 Å². The quantitative estimate of drug-likeness (QED) is 0.714. The van der Waals surface area contributed by atoms with E-state index in [0.29, 0.717) is 25.0 Å². The summed E-state index contributed by atoms with van der Waals surface area (Å²) < 4.78 is 7.70. The SMILES string of the molecule is c1cncc(COC[C@H]2CCCN2c2ccnc3ncnn23)c1. The fraction of sp³-hybridized carbons (Fsp3) is 0.375. The van der Waals surface area contributed by atoms with Gasteiger partial charge in [0.1, 0.15) is 12.1 Å². The van der Waals surface area contributed by atoms with Crippen molar-refractivity contribution >= 4 is 11.6 Å². The first-order valence-electron chi connectivity index (χ1n) is 7.80. The highest BCUT2D eigenvalue weighted by molar-refractivity contribution is 5.46. The molecule has 0 spiro atoms. The maximum absolute atomic E-state index is 5.91. The van der Waals surface area contributed by atoms with Gasteiger partial charge < -0.3 is 9.64 Å². The zero-order chi connectivity index (χ0) is 15.5. The lowest BCUT2D eigenvalue weighted by atomic mass is 10.2. The molecule has 0 N–H and O–H groups in total. The second-order valence-corrected chi connectivity index (χ2v) is 5.64. The van der Waals surface area contributed by atoms with E-state index >= 15 is 0 Å². The molecule has 0 bridgehead atoms. The molecule has 0 aliphatic carbocycles. The summed E-state index contributed by atoms with van der Waals surface area (Å²) in [6, 6.07) is 6.29. The summed E-state index contributed by atoms with van der Waals surface area (Å²) in [6.07, 6.45) is 9.20. The zero-order valence-corrected chi connectivity index (χ0v) is 12.7. The third-order valence-electron chi connectivity index (χ3n) is 4.13. The molecule has 23 heavy (non-hydrogen) atoms. The lowest BCUT2D eigenvalue weighted by Crippen LogP contribution is -2.34. The van der Waals surface area contributed by atoms with Crippen molar-refractivity contribution in [3.63, 3.8) is 0 Å². The van der Waals surface area contributed by atoms with Gasteiger partial charge in [-0.05, 0) is 30.5 Å². The highest BCUT2D eigenvalue weighted by atomic mass is 16.5. The van der Waals surface area contributed by atoms with Crippen molar-refractivity contribution in [3.8, 4) is 0 Å². The van der Waals surface area contributed by atoms with Crippen molar-refractivity contribution in [2.45, 2.75) is 25.5 Å². The van der Waals surface area contributed by atoms with Gasteiger partial charge in [-0.3, -0.25) is 4.98 Å². The number of ether oxygens (including phenoxy) is 1. The Hall–Kier alpha value is -2.54. The highest BCUT2D eigenvalue weighted by Gasteiger charge is 2.27. The summed E-state index contributed by atoms with van der Waals surface area (Å²) in [4.78, 5) is 14.8. The van der Waals surface area contributed by atoms with Crippen LogP contribution < -0.4 is 4.90 Å². The molecule has 0 amide bonds. The Balaban J connectivity index is 1.45. The third-order valence-corrected chi connectivity index (χ3v) is 4.13. The smallest absolute Gasteiger partial charge is 0.254 e. The number of rotatable bonds is 5. The molecule has 118 valence electrons. The largest absolute Gasteiger partial charge is 0.375 e. The minimum atomic E-state index is 0.349. The van der Waals surface area contributed by atoms with E-state index in [2.05, 4.69) is 25.0 Å². The molecule has 3 aromatic rings. The van der Waals surface area contributed by atoms with E-state index in [9.17, 15) is 0 Å². The zero-order valence-electron chi connectivity index (χ0n) is 12.7. The molecule has 4 rings (SSSR count). The summed E-state index contributed by atoms with van der Waals surface area (Å²) in [7, 11) is 0. The molecule has 7 nitrogen and oxygen atoms in total. The van der Waals surface area contributed by atoms with E-state index in [1.54, 1.807) is 16.9 Å². The molecule has 1 aliphatic rings. The molecule has 0 radical (unpaired) electrons. The Labute approximate surface area is 134 Å². The van der Waals surface area contributed by atoms with Crippen LogP contribution in [0.1, 0.15) is 18.4 Å². The molecule has 7 heteroatoms. The Morgan fingerprint density at radius 1 is 1.22 bits per heavy atom. The lowest BCUT2D eigenvalue weighted by molar-refractivity contribution is 0.108. The van der Waals surface area contributed by atoms with E-state index in [0.717, 1.165) is 30.8 Å². The second kappa shape index (κ2) is 6.29. The predicted molar refractivity (Wildman–Crippen MR) is 85.0 cm³/mol. The normalized spacial score (nSPS) is 17.9. The summed E-state index contributed by atoms with van der Waals surface area (Å²) in [5.74, 6) is 1.66. The van der Waals surface area contributed by atoms with Crippen LogP contribution in [-0.2, 0) is 11.3 Å². The van der Waals surface area contributed by atoms with Crippen LogP contribution in [0.15, 0.2) is 43.1 Å². The lowest BCUT2D eigenvalue weighted by Gasteiger charge is -2.26. The number of pyridine rings is 1. The van der Waals surface area contributed by atoms with Gasteiger partial charge in [-0.1, -0.05) is 6.07 Å². The minimum Gasteiger partial charge on any atom is -0.375 e. The van der Waals surface area contributed by atoms with E-state index in [-0.39, 0.29) is 0 Å². The van der Waals surface area contributed by atoms with Crippen molar-refractivity contribution < 1.29 is 4.74 Å². The van der Waals surface area contributed by atoms with Gasteiger partial charge in [-0.15, -0.1) is 0 Å². The molecular formula is C16H18N6O. The van der Waals surface area contributed by atoms with Gasteiger partial charge in [0.05, 0.1) is 19.3 Å². The van der Waals surface area contributed by atoms with Crippen LogP contribution in [-0.4, -0.2) is 43.8 Å². The van der Waals surface area contributed by atoms with Crippen molar-refractivity contribution in [1.82, 2.24) is 24.6 Å². The van der Waals surface area contributed by atoms with Crippen LogP contribution in [0.5, 0.6) is 0 Å². The number of anilines is 1. The highest BCUT2D eigenvalue weighted by Crippen LogP contribution is 2.25. The monoisotopic (exact) mass is 310 g/mol. The minimum absolute atomic E-state index is 0.349. The molecule has 0 aromatic carbocycles. The van der Waals surface area contributed by atoms with Crippen molar-refractivity contribution in [2.75, 3.05) is 18.1 Å². The molecule has 1 atom stereocenters. The molecule has 4 heterocycles. The summed E-state index contributed by atoms with van der Waals surface area (Å²) in [6.45, 7) is 2.28. The van der Waals surface area contributed by atoms with Gasteiger partial charge in [0.15, 0.2) is 0 Å². The first kappa shape index (κ1) is 14.1. The van der Waals surface area contributed by atoms with Crippen LogP contribution in [0, 0.1) is 0 Å². The van der Waals surface area contributed by atoms with Gasteiger partial charge in [0.2, 0.25) is 0 Å². The average Bonchev–Trinajstić information content (AvgIpc) is 3.24. The molecular weight excluding hydrogens is 292 g/mol. The standard InChI is InChI=1S/C16H18N6O/c1-3-13(9-17-6-1)10-23-11-14-4-2-8-21(14)15-5-7-18-16-19-12-20-22(15)16/h1,3,5-7,9,12,14H,2,4,8,10-11H2/t14-/m1/s1. The fourth-order valence-corrected chi connectivity index (χ4v) is 3.05. The van der Waals surface area contributed by atoms with Crippen molar-refractivity contribution in [1.29, 1.82) is 0 Å². The third kappa shape index (κ3) is 2.87. The van der Waals surface area contributed by atoms with Crippen molar-refractivity contribution in [3.05, 3.63) is 48.7 Å². The second-order valence-electron chi connectivity index (χ2n) is 5.64. The Morgan fingerprint density at radius 3 is 3.13 bits per heavy atom. The molecule has 0 unspecified atom stereocenters. The van der Waals surface area contributed by atoms with E-state index < -0.39 is 0 Å². The van der Waals surface area contributed by atoms with Crippen molar-refractivity contribution in [2.24, 2.45) is 0 Å². The topological polar surface area (TPSA) is 68.4 Å². The molecule has 0 saturated carbocycles. The first-order chi connectivity index (χ1) is 11.4. The van der Waals surface area contributed by atoms with Gasteiger partial charge in [-0.25, -0.2) is 4.98 Å². The van der Waals surface area contributed by atoms with Crippen LogP contribution >= 0.6 is 0 Å². The Kier molecular flexibility index (Phi) is 3.85. The molecule has 1 saturated heterocycles. The van der Waals surface area contributed by atoms with E-state index in [4.69, 9.17) is 4.74 Å². The Bertz CT molecular complexity index is 774. The van der Waals surface area contributed by atoms with Gasteiger partial charge in [0.25, 0.3) is 5.78 Å². The van der Waals surface area contributed by atoms with Crippen LogP contribution in [0.2, 0.25) is 0 Å². The molecule has 1 aliphatic heterocycles. The number of hydrogen-bond donors (Lipinski definition) is 0. The van der Waals surface area contributed by atoms with E-state index in [1.165, 1.54) is 6.33 Å². The number of hydrogen-bond acceptors (Lipinski definition) is 6. The van der Waals surface area contributed by atoms with Crippen LogP contribution in [0.3, 0.4) is 0 Å². The Morgan fingerprint density at radius 2 is 2.22 bits per heavy atom. The van der Waals surface area contributed by atoms with E-state index in [1.807, 2.05) is 24.4 Å². The number of nitrogens with zero attached hydrogens (tertiary/aromatic N) is 6. The summed E-state index contributed by atoms with van der Waals surface area (Å²) in [5, 5.41) is 4.28. The molecule has 1 fully saturated rings.